The summed E-state index contributed by atoms with van der Waals surface area (Å²) < 4.78 is 5.18. The molecule has 1 heterocycles. The van der Waals surface area contributed by atoms with Crippen molar-refractivity contribution in [3.8, 4) is 0 Å². The normalized spacial score (nSPS) is 11.3. The van der Waals surface area contributed by atoms with Crippen LogP contribution in [0.25, 0.3) is 0 Å². The first-order valence-electron chi connectivity index (χ1n) is 8.86. The molecule has 2 aromatic rings. The fourth-order valence-corrected chi connectivity index (χ4v) is 2.67. The largest absolute Gasteiger partial charge is 0.378 e. The van der Waals surface area contributed by atoms with E-state index in [4.69, 9.17) is 16.3 Å². The zero-order chi connectivity index (χ0) is 20.0. The molecule has 0 fully saturated rings. The Bertz CT molecular complexity index is 803. The lowest BCUT2D eigenvalue weighted by Crippen LogP contribution is -2.20. The second kappa shape index (κ2) is 9.15. The number of hydrogen-bond acceptors (Lipinski definition) is 5. The molecule has 6 nitrogen and oxygen atoms in total. The molecule has 2 N–H and O–H groups in total. The molecule has 0 atom stereocenters. The number of carbonyl (C=O) groups is 1. The van der Waals surface area contributed by atoms with Gasteiger partial charge in [-0.1, -0.05) is 38.4 Å². The molecule has 0 aliphatic heterocycles. The first-order valence-corrected chi connectivity index (χ1v) is 9.24. The fourth-order valence-electron chi connectivity index (χ4n) is 2.38. The van der Waals surface area contributed by atoms with Gasteiger partial charge in [-0.15, -0.1) is 0 Å². The number of anilines is 2. The third kappa shape index (κ3) is 6.48. The van der Waals surface area contributed by atoms with Crippen molar-refractivity contribution in [2.24, 2.45) is 0 Å². The van der Waals surface area contributed by atoms with E-state index in [-0.39, 0.29) is 11.3 Å². The molecule has 0 saturated carbocycles. The molecular weight excluding hydrogens is 364 g/mol. The van der Waals surface area contributed by atoms with Gasteiger partial charge in [0.1, 0.15) is 11.6 Å². The Kier molecular flexibility index (Phi) is 7.16. The topological polar surface area (TPSA) is 76.1 Å². The third-order valence-corrected chi connectivity index (χ3v) is 4.11. The van der Waals surface area contributed by atoms with Crippen molar-refractivity contribution >= 4 is 29.0 Å². The smallest absolute Gasteiger partial charge is 0.226 e. The van der Waals surface area contributed by atoms with Gasteiger partial charge in [-0.3, -0.25) is 4.79 Å². The van der Waals surface area contributed by atoms with Crippen LogP contribution in [0.1, 0.15) is 44.3 Å². The van der Waals surface area contributed by atoms with Crippen molar-refractivity contribution in [2.45, 2.75) is 46.1 Å². The van der Waals surface area contributed by atoms with Crippen LogP contribution in [0.15, 0.2) is 24.3 Å². The first-order chi connectivity index (χ1) is 12.7. The minimum atomic E-state index is -0.181. The quantitative estimate of drug-likeness (QED) is 0.736. The first kappa shape index (κ1) is 21.1. The summed E-state index contributed by atoms with van der Waals surface area (Å²) in [6.07, 6.45) is 0.290. The van der Waals surface area contributed by atoms with Crippen LogP contribution in [0.4, 0.5) is 11.5 Å². The van der Waals surface area contributed by atoms with Gasteiger partial charge in [0, 0.05) is 31.6 Å². The standard InChI is InChI=1S/C20H27ClN4O2/c1-13-6-7-16(15(21)10-13)24-18(26)8-9-22-17-11-14(12-27-5)23-19(25-17)20(2,3)4/h6-7,10-11H,8-9,12H2,1-5H3,(H,24,26)(H,22,23,25). The Hall–Kier alpha value is -2.18. The minimum absolute atomic E-state index is 0.115. The Morgan fingerprint density at radius 2 is 1.96 bits per heavy atom. The lowest BCUT2D eigenvalue weighted by molar-refractivity contribution is -0.115. The number of aryl methyl sites for hydroxylation is 1. The Balaban J connectivity index is 1.97. The van der Waals surface area contributed by atoms with Gasteiger partial charge in [0.2, 0.25) is 5.91 Å². The van der Waals surface area contributed by atoms with Gasteiger partial charge in [-0.2, -0.15) is 0 Å². The molecule has 0 unspecified atom stereocenters. The highest BCUT2D eigenvalue weighted by Gasteiger charge is 2.19. The number of halogens is 1. The van der Waals surface area contributed by atoms with Gasteiger partial charge in [-0.25, -0.2) is 9.97 Å². The number of amides is 1. The van der Waals surface area contributed by atoms with E-state index >= 15 is 0 Å². The van der Waals surface area contributed by atoms with Crippen LogP contribution in [0, 0.1) is 6.92 Å². The molecule has 0 aliphatic carbocycles. The van der Waals surface area contributed by atoms with Crippen molar-refractivity contribution < 1.29 is 9.53 Å². The summed E-state index contributed by atoms with van der Waals surface area (Å²) in [6, 6.07) is 7.38. The summed E-state index contributed by atoms with van der Waals surface area (Å²) in [5, 5.41) is 6.56. The number of hydrogen-bond donors (Lipinski definition) is 2. The maximum absolute atomic E-state index is 12.2. The molecule has 0 spiro atoms. The summed E-state index contributed by atoms with van der Waals surface area (Å²) >= 11 is 6.15. The molecule has 2 rings (SSSR count). The van der Waals surface area contributed by atoms with Crippen LogP contribution in [-0.4, -0.2) is 29.5 Å². The highest BCUT2D eigenvalue weighted by atomic mass is 35.5. The highest BCUT2D eigenvalue weighted by Crippen LogP contribution is 2.23. The monoisotopic (exact) mass is 390 g/mol. The van der Waals surface area contributed by atoms with Crippen LogP contribution in [0.2, 0.25) is 5.02 Å². The van der Waals surface area contributed by atoms with Gasteiger partial charge in [0.25, 0.3) is 0 Å². The predicted molar refractivity (Wildman–Crippen MR) is 109 cm³/mol. The van der Waals surface area contributed by atoms with Crippen LogP contribution >= 0.6 is 11.6 Å². The van der Waals surface area contributed by atoms with Crippen LogP contribution in [-0.2, 0) is 21.6 Å². The molecule has 146 valence electrons. The lowest BCUT2D eigenvalue weighted by Gasteiger charge is -2.19. The molecule has 27 heavy (non-hydrogen) atoms. The van der Waals surface area contributed by atoms with Gasteiger partial charge in [-0.05, 0) is 24.6 Å². The summed E-state index contributed by atoms with van der Waals surface area (Å²) in [6.45, 7) is 8.98. The van der Waals surface area contributed by atoms with Crippen molar-refractivity contribution in [1.29, 1.82) is 0 Å². The molecule has 1 aromatic heterocycles. The fraction of sp³-hybridized carbons (Fsp3) is 0.450. The third-order valence-electron chi connectivity index (χ3n) is 3.80. The van der Waals surface area contributed by atoms with E-state index in [1.54, 1.807) is 13.2 Å². The molecule has 7 heteroatoms. The maximum Gasteiger partial charge on any atom is 0.226 e. The van der Waals surface area contributed by atoms with E-state index in [0.29, 0.717) is 36.1 Å². The number of benzene rings is 1. The van der Waals surface area contributed by atoms with Crippen LogP contribution < -0.4 is 10.6 Å². The van der Waals surface area contributed by atoms with E-state index in [1.165, 1.54) is 0 Å². The lowest BCUT2D eigenvalue weighted by atomic mass is 9.95. The molecule has 1 amide bonds. The van der Waals surface area contributed by atoms with Crippen molar-refractivity contribution in [2.75, 3.05) is 24.3 Å². The number of rotatable bonds is 7. The Morgan fingerprint density at radius 3 is 2.59 bits per heavy atom. The molecule has 1 aromatic carbocycles. The second-order valence-corrected chi connectivity index (χ2v) is 7.87. The van der Waals surface area contributed by atoms with Crippen molar-refractivity contribution in [3.05, 3.63) is 46.4 Å². The summed E-state index contributed by atoms with van der Waals surface area (Å²) in [5.74, 6) is 1.30. The number of aromatic nitrogens is 2. The summed E-state index contributed by atoms with van der Waals surface area (Å²) in [7, 11) is 1.63. The van der Waals surface area contributed by atoms with Crippen LogP contribution in [0.3, 0.4) is 0 Å². The molecule has 0 bridgehead atoms. The van der Waals surface area contributed by atoms with Gasteiger partial charge < -0.3 is 15.4 Å². The van der Waals surface area contributed by atoms with E-state index < -0.39 is 0 Å². The van der Waals surface area contributed by atoms with Crippen molar-refractivity contribution in [1.82, 2.24) is 9.97 Å². The Labute approximate surface area is 165 Å². The molecular formula is C20H27ClN4O2. The minimum Gasteiger partial charge on any atom is -0.378 e. The highest BCUT2D eigenvalue weighted by molar-refractivity contribution is 6.33. The number of methoxy groups -OCH3 is 1. The van der Waals surface area contributed by atoms with Crippen LogP contribution in [0.5, 0.6) is 0 Å². The zero-order valence-corrected chi connectivity index (χ0v) is 17.3. The van der Waals surface area contributed by atoms with Gasteiger partial charge >= 0.3 is 0 Å². The van der Waals surface area contributed by atoms with Gasteiger partial charge in [0.05, 0.1) is 23.0 Å². The zero-order valence-electron chi connectivity index (χ0n) is 16.5. The maximum atomic E-state index is 12.2. The van der Waals surface area contributed by atoms with E-state index in [2.05, 4.69) is 41.4 Å². The van der Waals surface area contributed by atoms with E-state index in [9.17, 15) is 4.79 Å². The number of ether oxygens (including phenoxy) is 1. The predicted octanol–water partition coefficient (Wildman–Crippen LogP) is 4.32. The number of nitrogens with one attached hydrogen (secondary N) is 2. The number of nitrogens with zero attached hydrogens (tertiary/aromatic N) is 2. The average molecular weight is 391 g/mol. The van der Waals surface area contributed by atoms with E-state index in [0.717, 1.165) is 17.1 Å². The Morgan fingerprint density at radius 1 is 1.22 bits per heavy atom. The van der Waals surface area contributed by atoms with Gasteiger partial charge in [0.15, 0.2) is 0 Å². The number of carbonyl (C=O) groups excluding carboxylic acids is 1. The second-order valence-electron chi connectivity index (χ2n) is 7.46. The summed E-state index contributed by atoms with van der Waals surface area (Å²) in [5.41, 5.74) is 2.28. The van der Waals surface area contributed by atoms with E-state index in [1.807, 2.05) is 25.1 Å². The summed E-state index contributed by atoms with van der Waals surface area (Å²) in [4.78, 5) is 21.3. The molecule has 0 radical (unpaired) electrons. The molecule has 0 saturated heterocycles. The van der Waals surface area contributed by atoms with Crippen molar-refractivity contribution in [3.63, 3.8) is 0 Å². The SMILES string of the molecule is COCc1cc(NCCC(=O)Nc2ccc(C)cc2Cl)nc(C(C)(C)C)n1. The average Bonchev–Trinajstić information content (AvgIpc) is 2.57. The molecule has 0 aliphatic rings.